The lowest BCUT2D eigenvalue weighted by atomic mass is 10.0. The van der Waals surface area contributed by atoms with E-state index in [9.17, 15) is 19.2 Å². The predicted molar refractivity (Wildman–Crippen MR) is 128 cm³/mol. The number of benzene rings is 1. The first-order chi connectivity index (χ1) is 20.6. The van der Waals surface area contributed by atoms with Crippen LogP contribution in [0.1, 0.15) is 36.3 Å². The number of carboxylic acids is 2. The molecule has 10 nitrogen and oxygen atoms in total. The van der Waals surface area contributed by atoms with E-state index in [2.05, 4.69) is 15.0 Å². The van der Waals surface area contributed by atoms with Crippen molar-refractivity contribution < 1.29 is 37.9 Å². The lowest BCUT2D eigenvalue weighted by molar-refractivity contribution is -0.134. The van der Waals surface area contributed by atoms with Crippen LogP contribution in [0.3, 0.4) is 0 Å². The molecule has 1 fully saturated rings. The van der Waals surface area contributed by atoms with Crippen molar-refractivity contribution in [3.05, 3.63) is 58.0 Å². The number of rotatable bonds is 6. The number of fused-ring (bicyclic) bond motifs is 1. The molecule has 3 aromatic rings. The molecule has 1 atom stereocenters. The third-order valence-corrected chi connectivity index (χ3v) is 4.92. The molecule has 1 aliphatic heterocycles. The van der Waals surface area contributed by atoms with Crippen molar-refractivity contribution in [1.82, 2.24) is 19.9 Å². The minimum Gasteiger partial charge on any atom is -0.478 e. The summed E-state index contributed by atoms with van der Waals surface area (Å²) >= 11 is 6.88. The largest absolute Gasteiger partial charge is 0.478 e. The molecule has 4 rings (SSSR count). The van der Waals surface area contributed by atoms with Crippen LogP contribution in [-0.4, -0.2) is 61.1 Å². The van der Waals surface area contributed by atoms with Crippen LogP contribution < -0.4 is 5.31 Å². The van der Waals surface area contributed by atoms with Crippen molar-refractivity contribution in [2.24, 2.45) is 0 Å². The number of carboxylic acid groups (broad SMARTS) is 2. The Morgan fingerprint density at radius 2 is 2.26 bits per heavy atom. The smallest absolute Gasteiger partial charge is 0.328 e. The maximum absolute atomic E-state index is 14.1. The normalized spacial score (nSPS) is 25.4. The predicted octanol–water partition coefficient (Wildman–Crippen LogP) is 3.54. The second kappa shape index (κ2) is 12.2. The molecule has 1 unspecified atom stereocenters. The molecule has 182 valence electrons. The van der Waals surface area contributed by atoms with Crippen LogP contribution >= 0.6 is 22.9 Å². The van der Waals surface area contributed by atoms with Gasteiger partial charge in [0.2, 0.25) is 0 Å². The number of nitrogens with one attached hydrogen (secondary N) is 1. The quantitative estimate of drug-likeness (QED) is 0.405. The van der Waals surface area contributed by atoms with Crippen LogP contribution in [0.25, 0.3) is 10.3 Å². The lowest BCUT2D eigenvalue weighted by Crippen LogP contribution is -2.38. The zero-order valence-corrected chi connectivity index (χ0v) is 18.9. The maximum atomic E-state index is 14.1. The number of thiazole rings is 1. The van der Waals surface area contributed by atoms with Crippen LogP contribution in [0.4, 0.5) is 10.2 Å². The third-order valence-electron chi connectivity index (χ3n) is 3.86. The Labute approximate surface area is 222 Å². The first-order valence-electron chi connectivity index (χ1n) is 14.3. The molecule has 3 N–H and O–H groups in total. The summed E-state index contributed by atoms with van der Waals surface area (Å²) in [6.45, 7) is -6.95. The number of nitrogens with zero attached hydrogens (tertiary/aromatic N) is 5. The average Bonchev–Trinajstić information content (AvgIpc) is 3.33. The van der Waals surface area contributed by atoms with Crippen LogP contribution in [0.2, 0.25) is 5.88 Å². The van der Waals surface area contributed by atoms with Gasteiger partial charge in [-0.05, 0) is 30.4 Å². The molecular weight excluding hydrogens is 499 g/mol. The second-order valence-corrected chi connectivity index (χ2v) is 7.82. The van der Waals surface area contributed by atoms with E-state index >= 15 is 0 Å². The third kappa shape index (κ3) is 7.68. The van der Waals surface area contributed by atoms with Crippen LogP contribution in [0, 0.1) is 17.1 Å². The maximum Gasteiger partial charge on any atom is 0.328 e. The van der Waals surface area contributed by atoms with Gasteiger partial charge in [-0.15, -0.1) is 0 Å². The Hall–Kier alpha value is -3.66. The number of hydrogen-bond acceptors (Lipinski definition) is 9. The number of piperidine rings is 1. The molecular formula is C22H20ClFN6O4S. The fourth-order valence-corrected chi connectivity index (χ4v) is 3.35. The molecule has 0 spiro atoms. The highest BCUT2D eigenvalue weighted by molar-refractivity contribution is 7.21. The highest BCUT2D eigenvalue weighted by atomic mass is 35.5. The van der Waals surface area contributed by atoms with Crippen LogP contribution in [-0.2, 0) is 16.1 Å². The molecule has 3 heterocycles. The minimum absolute atomic E-state index is 0.00501. The SMILES string of the molecule is O=C(O)/C=C\C(=O)O.[2H]c1cc(C([2H])([2H])N2CCC([2H])(N([2H])c3ncnc4sc(Cl)nc34)C([2H])([2H])C2([2H])[2H])c([2H])c(C#N)c1F. The van der Waals surface area contributed by atoms with Gasteiger partial charge in [-0.1, -0.05) is 29.0 Å². The number of halogens is 2. The number of hydrogen-bond donors (Lipinski definition) is 3. The zero-order chi connectivity index (χ0) is 34.3. The van der Waals surface area contributed by atoms with Gasteiger partial charge in [0.15, 0.2) is 11.7 Å². The van der Waals surface area contributed by atoms with Crippen molar-refractivity contribution in [1.29, 1.82) is 5.26 Å². The Balaban J connectivity index is 0.000000610. The summed E-state index contributed by atoms with van der Waals surface area (Å²) in [7, 11) is 0. The Morgan fingerprint density at radius 3 is 2.94 bits per heavy atom. The van der Waals surface area contributed by atoms with E-state index in [0.717, 1.165) is 17.7 Å². The van der Waals surface area contributed by atoms with Gasteiger partial charge in [-0.25, -0.2) is 28.9 Å². The number of carbonyl (C=O) groups is 2. The van der Waals surface area contributed by atoms with Gasteiger partial charge < -0.3 is 15.5 Å². The molecule has 13 heteroatoms. The number of aromatic nitrogens is 3. The van der Waals surface area contributed by atoms with Crippen LogP contribution in [0.15, 0.2) is 36.6 Å². The highest BCUT2D eigenvalue weighted by Gasteiger charge is 2.21. The number of likely N-dealkylation sites (tertiary alicyclic amines) is 1. The van der Waals surface area contributed by atoms with Gasteiger partial charge in [0.1, 0.15) is 28.6 Å². The van der Waals surface area contributed by atoms with E-state index < -0.39 is 79.3 Å². The van der Waals surface area contributed by atoms with Crippen molar-refractivity contribution in [2.75, 3.05) is 18.4 Å². The molecule has 0 radical (unpaired) electrons. The van der Waals surface area contributed by atoms with Gasteiger partial charge in [-0.2, -0.15) is 5.26 Å². The molecule has 2 aromatic heterocycles. The summed E-state index contributed by atoms with van der Waals surface area (Å²) in [6.07, 6.45) is -1.73. The first-order valence-corrected chi connectivity index (χ1v) is 10.5. The highest BCUT2D eigenvalue weighted by Crippen LogP contribution is 2.28. The molecule has 0 amide bonds. The molecule has 1 aromatic carbocycles. The van der Waals surface area contributed by atoms with E-state index in [1.54, 1.807) is 0 Å². The topological polar surface area (TPSA) is 152 Å². The van der Waals surface area contributed by atoms with Gasteiger partial charge in [0, 0.05) is 45.9 Å². The minimum atomic E-state index is -3.29. The van der Waals surface area contributed by atoms with Crippen molar-refractivity contribution in [3.63, 3.8) is 0 Å². The Kier molecular flexibility index (Phi) is 5.34. The summed E-state index contributed by atoms with van der Waals surface area (Å²) in [5, 5.41) is 25.2. The van der Waals surface area contributed by atoms with Crippen molar-refractivity contribution >= 4 is 51.0 Å². The van der Waals surface area contributed by atoms with Gasteiger partial charge >= 0.3 is 11.9 Å². The molecule has 35 heavy (non-hydrogen) atoms. The number of aliphatic carboxylic acids is 2. The molecule has 1 aliphatic rings. The zero-order valence-electron chi connectivity index (χ0n) is 27.3. The van der Waals surface area contributed by atoms with Gasteiger partial charge in [-0.3, -0.25) is 4.90 Å². The van der Waals surface area contributed by atoms with E-state index in [1.807, 2.05) is 0 Å². The molecule has 0 saturated carbocycles. The summed E-state index contributed by atoms with van der Waals surface area (Å²) in [5.74, 6) is -4.15. The summed E-state index contributed by atoms with van der Waals surface area (Å²) in [6, 6.07) is -2.43. The molecule has 1 saturated heterocycles. The fraction of sp³-hybridized carbons (Fsp3) is 0.273. The standard InChI is InChI=1S/C18H16ClFN6S.C4H4O4/c19-18-25-15-16(22-10-23-17(15)27-18)24-13-3-5-26(6-4-13)9-11-1-2-14(20)12(7-11)8-21;5-3(6)1-2-4(7)8/h1-2,7,10,13H,3-6,9H2,(H,22,23,24);1-2H,(H,5,6)(H,7,8)/b;2-1-/i2D,3D2,5D2,7D,9D2,13D;/hD. The van der Waals surface area contributed by atoms with Crippen molar-refractivity contribution in [3.8, 4) is 6.07 Å². The molecule has 0 aliphatic carbocycles. The van der Waals surface area contributed by atoms with Crippen molar-refractivity contribution in [2.45, 2.75) is 25.3 Å². The second-order valence-electron chi connectivity index (χ2n) is 6.26. The van der Waals surface area contributed by atoms with Gasteiger partial charge in [0.05, 0.1) is 9.68 Å². The molecule has 0 bridgehead atoms. The Bertz CT molecular complexity index is 1730. The average molecular weight is 529 g/mol. The summed E-state index contributed by atoms with van der Waals surface area (Å²) < 4.78 is 98.9. The summed E-state index contributed by atoms with van der Waals surface area (Å²) in [5.41, 5.74) is -1.62. The van der Waals surface area contributed by atoms with Gasteiger partial charge in [0.25, 0.3) is 0 Å². The van der Waals surface area contributed by atoms with Crippen LogP contribution in [0.5, 0.6) is 0 Å². The number of anilines is 1. The monoisotopic (exact) mass is 528 g/mol. The fourth-order valence-electron chi connectivity index (χ4n) is 2.42. The lowest BCUT2D eigenvalue weighted by Gasteiger charge is -2.32. The first kappa shape index (κ1) is 15.4. The van der Waals surface area contributed by atoms with E-state index in [4.69, 9.17) is 35.6 Å². The van der Waals surface area contributed by atoms with E-state index in [0.29, 0.717) is 28.4 Å². The summed E-state index contributed by atoms with van der Waals surface area (Å²) in [4.78, 5) is 31.7. The van der Waals surface area contributed by atoms with E-state index in [1.165, 1.54) is 6.07 Å². The number of nitriles is 1. The van der Waals surface area contributed by atoms with E-state index in [-0.39, 0.29) is 20.6 Å². The Morgan fingerprint density at radius 1 is 1.51 bits per heavy atom.